The Morgan fingerprint density at radius 3 is 2.25 bits per heavy atom. The zero-order chi connectivity index (χ0) is 17.4. The van der Waals surface area contributed by atoms with E-state index < -0.39 is 18.0 Å². The molecule has 0 aliphatic rings. The largest absolute Gasteiger partial charge is 0.457 e. The van der Waals surface area contributed by atoms with E-state index >= 15 is 0 Å². The van der Waals surface area contributed by atoms with Crippen molar-refractivity contribution >= 4 is 17.6 Å². The molecular formula is C19H19NO4. The Bertz CT molecular complexity index is 708. The third-order valence-electron chi connectivity index (χ3n) is 3.07. The highest BCUT2D eigenvalue weighted by molar-refractivity contribution is 5.95. The minimum absolute atomic E-state index is 0.399. The van der Waals surface area contributed by atoms with Crippen molar-refractivity contribution in [1.29, 1.82) is 0 Å². The fraction of sp³-hybridized carbons (Fsp3) is 0.158. The summed E-state index contributed by atoms with van der Waals surface area (Å²) in [4.78, 5) is 23.3. The average Bonchev–Trinajstić information content (AvgIpc) is 2.57. The summed E-state index contributed by atoms with van der Waals surface area (Å²) in [5.74, 6) is 0.446. The topological polar surface area (TPSA) is 64.6 Å². The smallest absolute Gasteiger partial charge is 0.331 e. The summed E-state index contributed by atoms with van der Waals surface area (Å²) in [6, 6.07) is 16.3. The van der Waals surface area contributed by atoms with Crippen molar-refractivity contribution in [3.05, 3.63) is 66.7 Å². The van der Waals surface area contributed by atoms with Crippen molar-refractivity contribution in [3.8, 4) is 11.5 Å². The maximum Gasteiger partial charge on any atom is 0.331 e. The van der Waals surface area contributed by atoms with Crippen LogP contribution in [0.15, 0.2) is 66.7 Å². The van der Waals surface area contributed by atoms with E-state index in [0.717, 1.165) is 5.75 Å². The van der Waals surface area contributed by atoms with Crippen LogP contribution in [0.25, 0.3) is 0 Å². The first-order valence-electron chi connectivity index (χ1n) is 7.55. The van der Waals surface area contributed by atoms with Crippen LogP contribution in [-0.2, 0) is 14.3 Å². The Hall–Kier alpha value is -3.08. The normalized spacial score (nSPS) is 11.8. The minimum atomic E-state index is -0.881. The molecule has 2 aromatic carbocycles. The minimum Gasteiger partial charge on any atom is -0.457 e. The van der Waals surface area contributed by atoms with Crippen molar-refractivity contribution in [2.24, 2.45) is 0 Å². The van der Waals surface area contributed by atoms with Crippen LogP contribution in [0.5, 0.6) is 11.5 Å². The van der Waals surface area contributed by atoms with Crippen molar-refractivity contribution in [1.82, 2.24) is 0 Å². The number of hydrogen-bond acceptors (Lipinski definition) is 4. The van der Waals surface area contributed by atoms with E-state index in [0.29, 0.717) is 11.4 Å². The molecule has 0 aliphatic heterocycles. The van der Waals surface area contributed by atoms with Crippen molar-refractivity contribution < 1.29 is 19.1 Å². The van der Waals surface area contributed by atoms with Crippen LogP contribution in [0.3, 0.4) is 0 Å². The maximum absolute atomic E-state index is 12.0. The molecule has 5 heteroatoms. The molecule has 2 rings (SSSR count). The van der Waals surface area contributed by atoms with E-state index in [1.54, 1.807) is 37.3 Å². The fourth-order valence-corrected chi connectivity index (χ4v) is 1.88. The van der Waals surface area contributed by atoms with Gasteiger partial charge in [0.25, 0.3) is 5.91 Å². The van der Waals surface area contributed by atoms with E-state index in [9.17, 15) is 9.59 Å². The molecule has 0 radical (unpaired) electrons. The molecule has 24 heavy (non-hydrogen) atoms. The molecule has 1 amide bonds. The number of carbonyl (C=O) groups is 2. The number of nitrogens with one attached hydrogen (secondary N) is 1. The summed E-state index contributed by atoms with van der Waals surface area (Å²) >= 11 is 0. The first-order chi connectivity index (χ1) is 11.6. The van der Waals surface area contributed by atoms with Gasteiger partial charge in [0.05, 0.1) is 0 Å². The summed E-state index contributed by atoms with van der Waals surface area (Å²) in [5, 5.41) is 2.68. The molecule has 2 aromatic rings. The Morgan fingerprint density at radius 2 is 1.62 bits per heavy atom. The highest BCUT2D eigenvalue weighted by atomic mass is 16.5. The highest BCUT2D eigenvalue weighted by Gasteiger charge is 2.16. The summed E-state index contributed by atoms with van der Waals surface area (Å²) in [6.45, 7) is 3.22. The molecule has 0 spiro atoms. The van der Waals surface area contributed by atoms with E-state index in [-0.39, 0.29) is 0 Å². The lowest BCUT2D eigenvalue weighted by Gasteiger charge is -2.13. The summed E-state index contributed by atoms with van der Waals surface area (Å²) in [5.41, 5.74) is 0.592. The third kappa shape index (κ3) is 5.28. The molecule has 5 nitrogen and oxygen atoms in total. The van der Waals surface area contributed by atoms with Gasteiger partial charge in [-0.25, -0.2) is 4.79 Å². The number of allylic oxidation sites excluding steroid dienone is 1. The van der Waals surface area contributed by atoms with Crippen LogP contribution >= 0.6 is 0 Å². The van der Waals surface area contributed by atoms with Gasteiger partial charge in [-0.15, -0.1) is 0 Å². The molecule has 0 aliphatic carbocycles. The highest BCUT2D eigenvalue weighted by Crippen LogP contribution is 2.22. The maximum atomic E-state index is 12.0. The molecule has 0 unspecified atom stereocenters. The van der Waals surface area contributed by atoms with E-state index in [4.69, 9.17) is 9.47 Å². The lowest BCUT2D eigenvalue weighted by atomic mass is 10.2. The molecular weight excluding hydrogens is 306 g/mol. The van der Waals surface area contributed by atoms with Crippen LogP contribution < -0.4 is 10.1 Å². The monoisotopic (exact) mass is 325 g/mol. The van der Waals surface area contributed by atoms with Crippen LogP contribution in [0, 0.1) is 0 Å². The summed E-state index contributed by atoms with van der Waals surface area (Å²) in [6.07, 6.45) is 1.94. The third-order valence-corrected chi connectivity index (χ3v) is 3.07. The lowest BCUT2D eigenvalue weighted by molar-refractivity contribution is -0.148. The average molecular weight is 325 g/mol. The van der Waals surface area contributed by atoms with Crippen LogP contribution in [0.2, 0.25) is 0 Å². The van der Waals surface area contributed by atoms with Crippen LogP contribution in [0.4, 0.5) is 5.69 Å². The van der Waals surface area contributed by atoms with Gasteiger partial charge in [-0.1, -0.05) is 24.3 Å². The van der Waals surface area contributed by atoms with Gasteiger partial charge in [0.1, 0.15) is 11.5 Å². The number of anilines is 1. The molecule has 1 N–H and O–H groups in total. The second kappa shape index (κ2) is 8.53. The summed E-state index contributed by atoms with van der Waals surface area (Å²) < 4.78 is 10.6. The molecule has 0 saturated heterocycles. The van der Waals surface area contributed by atoms with Gasteiger partial charge in [-0.05, 0) is 50.2 Å². The van der Waals surface area contributed by atoms with Crippen molar-refractivity contribution in [2.75, 3.05) is 5.32 Å². The summed E-state index contributed by atoms with van der Waals surface area (Å²) in [7, 11) is 0. The number of ether oxygens (including phenoxy) is 2. The SMILES string of the molecule is C/C=C/C(=O)O[C@H](C)C(=O)Nc1ccc(Oc2ccccc2)cc1. The molecule has 0 bridgehead atoms. The second-order valence-corrected chi connectivity index (χ2v) is 5.01. The first kappa shape index (κ1) is 17.3. The molecule has 0 aromatic heterocycles. The zero-order valence-corrected chi connectivity index (χ0v) is 13.6. The second-order valence-electron chi connectivity index (χ2n) is 5.01. The molecule has 124 valence electrons. The van der Waals surface area contributed by atoms with E-state index in [2.05, 4.69) is 5.32 Å². The van der Waals surface area contributed by atoms with E-state index in [1.807, 2.05) is 30.3 Å². The Balaban J connectivity index is 1.91. The predicted molar refractivity (Wildman–Crippen MR) is 92.0 cm³/mol. The molecule has 1 atom stereocenters. The van der Waals surface area contributed by atoms with Gasteiger partial charge in [0.15, 0.2) is 6.10 Å². The molecule has 0 fully saturated rings. The van der Waals surface area contributed by atoms with Gasteiger partial charge in [0, 0.05) is 11.8 Å². The Morgan fingerprint density at radius 1 is 1.00 bits per heavy atom. The Labute approximate surface area is 140 Å². The van der Waals surface area contributed by atoms with Crippen LogP contribution in [-0.4, -0.2) is 18.0 Å². The van der Waals surface area contributed by atoms with Gasteiger partial charge in [-0.2, -0.15) is 0 Å². The van der Waals surface area contributed by atoms with Crippen molar-refractivity contribution in [2.45, 2.75) is 20.0 Å². The fourth-order valence-electron chi connectivity index (χ4n) is 1.88. The van der Waals surface area contributed by atoms with Gasteiger partial charge in [0.2, 0.25) is 0 Å². The standard InChI is InChI=1S/C19H19NO4/c1-3-7-18(21)23-14(2)19(22)20-15-10-12-17(13-11-15)24-16-8-5-4-6-9-16/h3-14H,1-2H3,(H,20,22)/b7-3+/t14-/m1/s1. The number of hydrogen-bond donors (Lipinski definition) is 1. The van der Waals surface area contributed by atoms with Crippen LogP contribution in [0.1, 0.15) is 13.8 Å². The number of carbonyl (C=O) groups excluding carboxylic acids is 2. The van der Waals surface area contributed by atoms with Gasteiger partial charge >= 0.3 is 5.97 Å². The van der Waals surface area contributed by atoms with Gasteiger partial charge < -0.3 is 14.8 Å². The van der Waals surface area contributed by atoms with Gasteiger partial charge in [-0.3, -0.25) is 4.79 Å². The molecule has 0 saturated carbocycles. The lowest BCUT2D eigenvalue weighted by Crippen LogP contribution is -2.29. The quantitative estimate of drug-likeness (QED) is 0.646. The predicted octanol–water partition coefficient (Wildman–Crippen LogP) is 3.93. The zero-order valence-electron chi connectivity index (χ0n) is 13.6. The number of amides is 1. The first-order valence-corrected chi connectivity index (χ1v) is 7.55. The molecule has 0 heterocycles. The Kier molecular flexibility index (Phi) is 6.14. The number of benzene rings is 2. The van der Waals surface area contributed by atoms with Crippen molar-refractivity contribution in [3.63, 3.8) is 0 Å². The number of para-hydroxylation sites is 1. The number of rotatable bonds is 6. The van der Waals surface area contributed by atoms with E-state index in [1.165, 1.54) is 13.0 Å². The number of esters is 1.